The van der Waals surface area contributed by atoms with Crippen molar-refractivity contribution in [2.24, 2.45) is 5.92 Å². The second kappa shape index (κ2) is 4.97. The van der Waals surface area contributed by atoms with Gasteiger partial charge in [-0.2, -0.15) is 0 Å². The minimum atomic E-state index is -0.380. The van der Waals surface area contributed by atoms with Crippen LogP contribution in [0.1, 0.15) is 47.0 Å². The molecule has 0 bridgehead atoms. The molecule has 88 valence electrons. The van der Waals surface area contributed by atoms with Crippen LogP contribution < -0.4 is 5.32 Å². The summed E-state index contributed by atoms with van der Waals surface area (Å²) in [6.07, 6.45) is 3.34. The highest BCUT2D eigenvalue weighted by Gasteiger charge is 2.32. The van der Waals surface area contributed by atoms with Gasteiger partial charge in [0.2, 0.25) is 0 Å². The highest BCUT2D eigenvalue weighted by molar-refractivity contribution is 5.76. The Morgan fingerprint density at radius 1 is 1.47 bits per heavy atom. The van der Waals surface area contributed by atoms with Crippen LogP contribution in [-0.4, -0.2) is 24.2 Å². The summed E-state index contributed by atoms with van der Waals surface area (Å²) in [6, 6.07) is -0.0945. The summed E-state index contributed by atoms with van der Waals surface area (Å²) in [5, 5.41) is 3.27. The number of esters is 1. The van der Waals surface area contributed by atoms with Gasteiger partial charge in [-0.25, -0.2) is 0 Å². The molecule has 3 heteroatoms. The van der Waals surface area contributed by atoms with E-state index in [4.69, 9.17) is 4.74 Å². The first kappa shape index (κ1) is 12.5. The molecule has 1 aliphatic rings. The number of hydrogen-bond acceptors (Lipinski definition) is 3. The zero-order valence-electron chi connectivity index (χ0n) is 10.3. The number of hydrogen-bond donors (Lipinski definition) is 1. The molecule has 0 spiro atoms. The van der Waals surface area contributed by atoms with Crippen molar-refractivity contribution in [1.29, 1.82) is 0 Å². The molecule has 15 heavy (non-hydrogen) atoms. The second-order valence-electron chi connectivity index (χ2n) is 5.28. The van der Waals surface area contributed by atoms with E-state index in [1.807, 2.05) is 20.8 Å². The fourth-order valence-corrected chi connectivity index (χ4v) is 2.04. The Bertz CT molecular complexity index is 220. The lowest BCUT2D eigenvalue weighted by molar-refractivity contribution is -0.159. The lowest BCUT2D eigenvalue weighted by atomic mass is 9.88. The summed E-state index contributed by atoms with van der Waals surface area (Å²) in [4.78, 5) is 11.9. The first-order valence-electron chi connectivity index (χ1n) is 5.90. The van der Waals surface area contributed by atoms with Gasteiger partial charge in [0.1, 0.15) is 11.6 Å². The number of ether oxygens (including phenoxy) is 1. The van der Waals surface area contributed by atoms with Crippen molar-refractivity contribution in [3.8, 4) is 0 Å². The minimum absolute atomic E-state index is 0.0888. The highest BCUT2D eigenvalue weighted by atomic mass is 16.6. The molecule has 1 heterocycles. The molecule has 0 aliphatic carbocycles. The van der Waals surface area contributed by atoms with Gasteiger partial charge in [0.05, 0.1) is 0 Å². The largest absolute Gasteiger partial charge is 0.459 e. The predicted octanol–water partition coefficient (Wildman–Crippen LogP) is 2.11. The van der Waals surface area contributed by atoms with Gasteiger partial charge >= 0.3 is 5.97 Å². The van der Waals surface area contributed by atoms with Crippen LogP contribution in [0.2, 0.25) is 0 Å². The fourth-order valence-electron chi connectivity index (χ4n) is 2.04. The Balaban J connectivity index is 2.56. The maximum absolute atomic E-state index is 11.9. The van der Waals surface area contributed by atoms with Crippen molar-refractivity contribution >= 4 is 5.97 Å². The molecule has 1 saturated heterocycles. The molecule has 0 aromatic heterocycles. The normalized spacial score (nSPS) is 27.5. The molecule has 3 nitrogen and oxygen atoms in total. The number of carbonyl (C=O) groups excluding carboxylic acids is 1. The lowest BCUT2D eigenvalue weighted by Gasteiger charge is -2.32. The average Bonchev–Trinajstić information content (AvgIpc) is 2.15. The predicted molar refractivity (Wildman–Crippen MR) is 60.7 cm³/mol. The lowest BCUT2D eigenvalue weighted by Crippen LogP contribution is -2.49. The van der Waals surface area contributed by atoms with Crippen LogP contribution in [0, 0.1) is 5.92 Å². The molecule has 1 aliphatic heterocycles. The van der Waals surface area contributed by atoms with E-state index in [0.29, 0.717) is 5.92 Å². The van der Waals surface area contributed by atoms with Gasteiger partial charge < -0.3 is 10.1 Å². The Kier molecular flexibility index (Phi) is 4.14. The third-order valence-corrected chi connectivity index (χ3v) is 2.77. The first-order chi connectivity index (χ1) is 6.94. The quantitative estimate of drug-likeness (QED) is 0.714. The first-order valence-corrected chi connectivity index (χ1v) is 5.90. The average molecular weight is 213 g/mol. The van der Waals surface area contributed by atoms with Gasteiger partial charge in [-0.3, -0.25) is 4.79 Å². The molecule has 0 unspecified atom stereocenters. The second-order valence-corrected chi connectivity index (χ2v) is 5.28. The zero-order valence-corrected chi connectivity index (χ0v) is 10.3. The smallest absolute Gasteiger partial charge is 0.323 e. The van der Waals surface area contributed by atoms with Crippen LogP contribution in [0.25, 0.3) is 0 Å². The standard InChI is InChI=1S/C12H23NO2/c1-5-9-7-6-8-13-10(9)11(14)15-12(2,3)4/h9-10,13H,5-8H2,1-4H3/t9-,10+/m1/s1. The van der Waals surface area contributed by atoms with Gasteiger partial charge in [0, 0.05) is 0 Å². The maximum atomic E-state index is 11.9. The minimum Gasteiger partial charge on any atom is -0.459 e. The Morgan fingerprint density at radius 2 is 2.13 bits per heavy atom. The van der Waals surface area contributed by atoms with Gasteiger partial charge in [0.25, 0.3) is 0 Å². The zero-order chi connectivity index (χ0) is 11.5. The fraction of sp³-hybridized carbons (Fsp3) is 0.917. The molecule has 0 amide bonds. The van der Waals surface area contributed by atoms with Crippen molar-refractivity contribution in [3.05, 3.63) is 0 Å². The molecule has 0 aromatic rings. The van der Waals surface area contributed by atoms with E-state index in [1.165, 1.54) is 0 Å². The Morgan fingerprint density at radius 3 is 2.67 bits per heavy atom. The van der Waals surface area contributed by atoms with Gasteiger partial charge in [-0.05, 0) is 46.1 Å². The third-order valence-electron chi connectivity index (χ3n) is 2.77. The molecule has 1 rings (SSSR count). The Labute approximate surface area is 92.6 Å². The number of piperidine rings is 1. The molecular formula is C12H23NO2. The van der Waals surface area contributed by atoms with Crippen molar-refractivity contribution in [2.75, 3.05) is 6.54 Å². The van der Waals surface area contributed by atoms with Crippen molar-refractivity contribution in [2.45, 2.75) is 58.6 Å². The summed E-state index contributed by atoms with van der Waals surface area (Å²) < 4.78 is 5.41. The van der Waals surface area contributed by atoms with E-state index in [-0.39, 0.29) is 17.6 Å². The SMILES string of the molecule is CC[C@@H]1CCCN[C@@H]1C(=O)OC(C)(C)C. The van der Waals surface area contributed by atoms with Crippen molar-refractivity contribution in [1.82, 2.24) is 5.32 Å². The Hall–Kier alpha value is -0.570. The van der Waals surface area contributed by atoms with E-state index in [0.717, 1.165) is 25.8 Å². The molecule has 1 fully saturated rings. The van der Waals surface area contributed by atoms with Crippen LogP contribution in [-0.2, 0) is 9.53 Å². The monoisotopic (exact) mass is 213 g/mol. The number of carbonyl (C=O) groups is 1. The maximum Gasteiger partial charge on any atom is 0.323 e. The molecule has 0 radical (unpaired) electrons. The molecular weight excluding hydrogens is 190 g/mol. The summed E-state index contributed by atoms with van der Waals surface area (Å²) >= 11 is 0. The molecule has 0 saturated carbocycles. The van der Waals surface area contributed by atoms with Crippen molar-refractivity contribution < 1.29 is 9.53 Å². The van der Waals surface area contributed by atoms with E-state index in [2.05, 4.69) is 12.2 Å². The van der Waals surface area contributed by atoms with Crippen LogP contribution in [0.5, 0.6) is 0 Å². The number of rotatable bonds is 2. The van der Waals surface area contributed by atoms with Crippen molar-refractivity contribution in [3.63, 3.8) is 0 Å². The number of nitrogens with one attached hydrogen (secondary N) is 1. The van der Waals surface area contributed by atoms with Gasteiger partial charge in [0.15, 0.2) is 0 Å². The van der Waals surface area contributed by atoms with Gasteiger partial charge in [-0.1, -0.05) is 13.3 Å². The van der Waals surface area contributed by atoms with E-state index < -0.39 is 0 Å². The topological polar surface area (TPSA) is 38.3 Å². The molecule has 0 aromatic carbocycles. The molecule has 2 atom stereocenters. The molecule has 1 N–H and O–H groups in total. The van der Waals surface area contributed by atoms with Crippen LogP contribution in [0.3, 0.4) is 0 Å². The van der Waals surface area contributed by atoms with Gasteiger partial charge in [-0.15, -0.1) is 0 Å². The summed E-state index contributed by atoms with van der Waals surface area (Å²) in [5.74, 6) is 0.350. The highest BCUT2D eigenvalue weighted by Crippen LogP contribution is 2.22. The van der Waals surface area contributed by atoms with E-state index in [1.54, 1.807) is 0 Å². The van der Waals surface area contributed by atoms with Crippen LogP contribution >= 0.6 is 0 Å². The van der Waals surface area contributed by atoms with E-state index in [9.17, 15) is 4.79 Å². The van der Waals surface area contributed by atoms with Crippen LogP contribution in [0.15, 0.2) is 0 Å². The summed E-state index contributed by atoms with van der Waals surface area (Å²) in [7, 11) is 0. The van der Waals surface area contributed by atoms with E-state index >= 15 is 0 Å². The third kappa shape index (κ3) is 3.82. The summed E-state index contributed by atoms with van der Waals surface area (Å²) in [5.41, 5.74) is -0.380. The summed E-state index contributed by atoms with van der Waals surface area (Å²) in [6.45, 7) is 8.80. The van der Waals surface area contributed by atoms with Crippen LogP contribution in [0.4, 0.5) is 0 Å².